The first-order valence-corrected chi connectivity index (χ1v) is 6.96. The van der Waals surface area contributed by atoms with E-state index in [2.05, 4.69) is 10.5 Å². The lowest BCUT2D eigenvalue weighted by Crippen LogP contribution is -2.34. The molecule has 0 aliphatic heterocycles. The average Bonchev–Trinajstić information content (AvgIpc) is 2.38. The summed E-state index contributed by atoms with van der Waals surface area (Å²) in [6.45, 7) is 9.47. The Labute approximate surface area is 125 Å². The highest BCUT2D eigenvalue weighted by molar-refractivity contribution is 6.30. The zero-order valence-electron chi connectivity index (χ0n) is 12.5. The van der Waals surface area contributed by atoms with Crippen LogP contribution in [0.1, 0.15) is 33.3 Å². The minimum absolute atomic E-state index is 0.278. The molecule has 1 rings (SSSR count). The van der Waals surface area contributed by atoms with Crippen molar-refractivity contribution in [2.75, 3.05) is 0 Å². The topological polar surface area (TPSA) is 50.7 Å². The van der Waals surface area contributed by atoms with Crippen LogP contribution in [0.5, 0.6) is 5.75 Å². The lowest BCUT2D eigenvalue weighted by Gasteiger charge is -2.15. The van der Waals surface area contributed by atoms with E-state index in [1.54, 1.807) is 25.1 Å². The predicted molar refractivity (Wildman–Crippen MR) is 82.4 cm³/mol. The first-order chi connectivity index (χ1) is 9.31. The molecule has 1 amide bonds. The molecule has 0 fully saturated rings. The number of carbonyl (C=O) groups is 1. The van der Waals surface area contributed by atoms with Gasteiger partial charge < -0.3 is 4.74 Å². The normalized spacial score (nSPS) is 13.2. The fourth-order valence-electron chi connectivity index (χ4n) is 1.35. The molecule has 1 N–H and O–H groups in total. The maximum atomic E-state index is 11.9. The van der Waals surface area contributed by atoms with Crippen molar-refractivity contribution in [1.82, 2.24) is 5.43 Å². The molecular weight excluding hydrogens is 276 g/mol. The molecule has 0 aliphatic carbocycles. The SMILES string of the molecule is CC(=NNC(=O)C(C)Oc1ccc(Cl)cc1C)C(C)C. The monoisotopic (exact) mass is 296 g/mol. The number of carbonyl (C=O) groups excluding carboxylic acids is 1. The number of hydrogen-bond donors (Lipinski definition) is 1. The number of benzene rings is 1. The Balaban J connectivity index is 2.64. The number of amides is 1. The van der Waals surface area contributed by atoms with Gasteiger partial charge >= 0.3 is 0 Å². The maximum Gasteiger partial charge on any atom is 0.280 e. The smallest absolute Gasteiger partial charge is 0.280 e. The fraction of sp³-hybridized carbons (Fsp3) is 0.467. The summed E-state index contributed by atoms with van der Waals surface area (Å²) in [5, 5.41) is 4.68. The van der Waals surface area contributed by atoms with Crippen LogP contribution in [0, 0.1) is 12.8 Å². The maximum absolute atomic E-state index is 11.9. The van der Waals surface area contributed by atoms with Gasteiger partial charge in [-0.2, -0.15) is 5.10 Å². The van der Waals surface area contributed by atoms with E-state index in [0.717, 1.165) is 11.3 Å². The standard InChI is InChI=1S/C15H21ClN2O2/c1-9(2)11(4)17-18-15(19)12(5)20-14-7-6-13(16)8-10(14)3/h6-9,12H,1-5H3,(H,18,19). The molecule has 4 nitrogen and oxygen atoms in total. The second-order valence-electron chi connectivity index (χ2n) is 5.05. The van der Waals surface area contributed by atoms with Gasteiger partial charge in [0.15, 0.2) is 6.10 Å². The van der Waals surface area contributed by atoms with Gasteiger partial charge in [-0.05, 0) is 50.5 Å². The van der Waals surface area contributed by atoms with E-state index in [1.807, 2.05) is 27.7 Å². The van der Waals surface area contributed by atoms with Gasteiger partial charge in [-0.3, -0.25) is 4.79 Å². The van der Waals surface area contributed by atoms with Gasteiger partial charge in [-0.1, -0.05) is 25.4 Å². The van der Waals surface area contributed by atoms with Crippen molar-refractivity contribution in [2.45, 2.75) is 40.7 Å². The average molecular weight is 297 g/mol. The van der Waals surface area contributed by atoms with E-state index in [9.17, 15) is 4.79 Å². The minimum Gasteiger partial charge on any atom is -0.481 e. The molecule has 0 aromatic heterocycles. The quantitative estimate of drug-likeness (QED) is 0.667. The number of nitrogens with zero attached hydrogens (tertiary/aromatic N) is 1. The molecule has 5 heteroatoms. The van der Waals surface area contributed by atoms with Crippen molar-refractivity contribution < 1.29 is 9.53 Å². The zero-order chi connectivity index (χ0) is 15.3. The van der Waals surface area contributed by atoms with Crippen molar-refractivity contribution in [3.05, 3.63) is 28.8 Å². The van der Waals surface area contributed by atoms with Crippen molar-refractivity contribution >= 4 is 23.2 Å². The third-order valence-corrected chi connectivity index (χ3v) is 3.22. The third-order valence-electron chi connectivity index (χ3n) is 2.99. The summed E-state index contributed by atoms with van der Waals surface area (Å²) < 4.78 is 5.61. The number of hydrazone groups is 1. The number of aryl methyl sites for hydroxylation is 1. The molecule has 0 saturated heterocycles. The number of ether oxygens (including phenoxy) is 1. The summed E-state index contributed by atoms with van der Waals surface area (Å²) in [4.78, 5) is 11.9. The molecular formula is C15H21ClN2O2. The van der Waals surface area contributed by atoms with Gasteiger partial charge in [0.05, 0.1) is 0 Å². The largest absolute Gasteiger partial charge is 0.481 e. The zero-order valence-corrected chi connectivity index (χ0v) is 13.3. The highest BCUT2D eigenvalue weighted by Crippen LogP contribution is 2.22. The summed E-state index contributed by atoms with van der Waals surface area (Å²) in [5.41, 5.74) is 4.27. The Hall–Kier alpha value is -1.55. The van der Waals surface area contributed by atoms with Crippen LogP contribution >= 0.6 is 11.6 Å². The Morgan fingerprint density at radius 2 is 2.00 bits per heavy atom. The highest BCUT2D eigenvalue weighted by atomic mass is 35.5. The second-order valence-corrected chi connectivity index (χ2v) is 5.49. The molecule has 0 heterocycles. The van der Waals surface area contributed by atoms with E-state index < -0.39 is 6.10 Å². The van der Waals surface area contributed by atoms with Crippen molar-refractivity contribution in [1.29, 1.82) is 0 Å². The van der Waals surface area contributed by atoms with Crippen LogP contribution in [0.3, 0.4) is 0 Å². The van der Waals surface area contributed by atoms with Gasteiger partial charge in [-0.15, -0.1) is 0 Å². The van der Waals surface area contributed by atoms with Crippen LogP contribution in [-0.2, 0) is 4.79 Å². The summed E-state index contributed by atoms with van der Waals surface area (Å²) in [7, 11) is 0. The van der Waals surface area contributed by atoms with Crippen LogP contribution in [0.25, 0.3) is 0 Å². The van der Waals surface area contributed by atoms with Crippen molar-refractivity contribution in [2.24, 2.45) is 11.0 Å². The van der Waals surface area contributed by atoms with E-state index in [4.69, 9.17) is 16.3 Å². The molecule has 1 aromatic rings. The van der Waals surface area contributed by atoms with E-state index in [0.29, 0.717) is 16.7 Å². The number of nitrogens with one attached hydrogen (secondary N) is 1. The van der Waals surface area contributed by atoms with Gasteiger partial charge in [0.1, 0.15) is 5.75 Å². The van der Waals surface area contributed by atoms with Gasteiger partial charge in [0.2, 0.25) is 0 Å². The molecule has 1 aromatic carbocycles. The lowest BCUT2D eigenvalue weighted by molar-refractivity contribution is -0.127. The summed E-state index contributed by atoms with van der Waals surface area (Å²) in [6.07, 6.45) is -0.626. The van der Waals surface area contributed by atoms with Crippen LogP contribution < -0.4 is 10.2 Å². The van der Waals surface area contributed by atoms with Gasteiger partial charge in [0.25, 0.3) is 5.91 Å². The van der Waals surface area contributed by atoms with Crippen molar-refractivity contribution in [3.8, 4) is 5.75 Å². The second kappa shape index (κ2) is 7.29. The molecule has 1 atom stereocenters. The molecule has 0 spiro atoms. The summed E-state index contributed by atoms with van der Waals surface area (Å²) in [5.74, 6) is 0.658. The fourth-order valence-corrected chi connectivity index (χ4v) is 1.58. The highest BCUT2D eigenvalue weighted by Gasteiger charge is 2.15. The first-order valence-electron chi connectivity index (χ1n) is 6.58. The number of rotatable bonds is 5. The van der Waals surface area contributed by atoms with Gasteiger partial charge in [-0.25, -0.2) is 5.43 Å². The van der Waals surface area contributed by atoms with Crippen LogP contribution in [0.4, 0.5) is 0 Å². The van der Waals surface area contributed by atoms with Crippen LogP contribution in [0.2, 0.25) is 5.02 Å². The molecule has 0 bridgehead atoms. The number of halogens is 1. The molecule has 0 aliphatic rings. The Morgan fingerprint density at radius 3 is 2.55 bits per heavy atom. The summed E-state index contributed by atoms with van der Waals surface area (Å²) in [6, 6.07) is 5.28. The Morgan fingerprint density at radius 1 is 1.35 bits per heavy atom. The van der Waals surface area contributed by atoms with Gasteiger partial charge in [0, 0.05) is 10.7 Å². The summed E-state index contributed by atoms with van der Waals surface area (Å²) >= 11 is 5.88. The van der Waals surface area contributed by atoms with E-state index in [1.165, 1.54) is 0 Å². The number of hydrogen-bond acceptors (Lipinski definition) is 3. The minimum atomic E-state index is -0.626. The molecule has 20 heavy (non-hydrogen) atoms. The lowest BCUT2D eigenvalue weighted by atomic mass is 10.1. The van der Waals surface area contributed by atoms with E-state index in [-0.39, 0.29) is 5.91 Å². The van der Waals surface area contributed by atoms with Crippen LogP contribution in [-0.4, -0.2) is 17.7 Å². The first kappa shape index (κ1) is 16.5. The molecule has 0 saturated carbocycles. The molecule has 0 radical (unpaired) electrons. The van der Waals surface area contributed by atoms with Crippen molar-refractivity contribution in [3.63, 3.8) is 0 Å². The van der Waals surface area contributed by atoms with E-state index >= 15 is 0 Å². The Bertz CT molecular complexity index is 513. The third kappa shape index (κ3) is 4.85. The molecule has 110 valence electrons. The molecule has 1 unspecified atom stereocenters. The van der Waals surface area contributed by atoms with Crippen LogP contribution in [0.15, 0.2) is 23.3 Å². The Kier molecular flexibility index (Phi) is 6.02. The predicted octanol–water partition coefficient (Wildman–Crippen LogP) is 3.56.